The summed E-state index contributed by atoms with van der Waals surface area (Å²) in [6.45, 7) is 2.06. The van der Waals surface area contributed by atoms with Crippen LogP contribution in [0.25, 0.3) is 0 Å². The molecule has 15 heavy (non-hydrogen) atoms. The molecule has 84 valence electrons. The molecule has 0 bridgehead atoms. The second-order valence-electron chi connectivity index (χ2n) is 4.69. The lowest BCUT2D eigenvalue weighted by Gasteiger charge is -2.13. The molecule has 1 saturated carbocycles. The van der Waals surface area contributed by atoms with Crippen LogP contribution in [0.4, 0.5) is 0 Å². The van der Waals surface area contributed by atoms with Crippen molar-refractivity contribution in [3.05, 3.63) is 11.4 Å². The molecular formula is C12H21N3. The maximum absolute atomic E-state index is 4.31. The molecule has 1 aromatic heterocycles. The lowest BCUT2D eigenvalue weighted by molar-refractivity contribution is 0.525. The highest BCUT2D eigenvalue weighted by molar-refractivity contribution is 5.12. The van der Waals surface area contributed by atoms with Crippen LogP contribution in [0.3, 0.4) is 0 Å². The number of hydrogen-bond acceptors (Lipinski definition) is 2. The van der Waals surface area contributed by atoms with Gasteiger partial charge >= 0.3 is 0 Å². The molecule has 2 rings (SSSR count). The van der Waals surface area contributed by atoms with Gasteiger partial charge in [-0.15, -0.1) is 0 Å². The van der Waals surface area contributed by atoms with E-state index < -0.39 is 0 Å². The Labute approximate surface area is 91.7 Å². The smallest absolute Gasteiger partial charge is 0.0884 e. The van der Waals surface area contributed by atoms with Crippen LogP contribution < -0.4 is 0 Å². The van der Waals surface area contributed by atoms with Gasteiger partial charge in [0.2, 0.25) is 0 Å². The molecule has 0 unspecified atom stereocenters. The fourth-order valence-corrected chi connectivity index (χ4v) is 2.59. The first-order valence-electron chi connectivity index (χ1n) is 6.25. The molecule has 1 heterocycles. The molecule has 0 saturated heterocycles. The maximum Gasteiger partial charge on any atom is 0.0884 e. The van der Waals surface area contributed by atoms with Crippen molar-refractivity contribution in [2.75, 3.05) is 0 Å². The van der Waals surface area contributed by atoms with Gasteiger partial charge in [-0.05, 0) is 19.8 Å². The average Bonchev–Trinajstić information content (AvgIpc) is 2.68. The van der Waals surface area contributed by atoms with Gasteiger partial charge in [-0.2, -0.15) is 15.4 Å². The zero-order valence-corrected chi connectivity index (χ0v) is 9.63. The Bertz CT molecular complexity index is 283. The van der Waals surface area contributed by atoms with Gasteiger partial charge in [0.05, 0.1) is 11.4 Å². The Kier molecular flexibility index (Phi) is 3.75. The van der Waals surface area contributed by atoms with Crippen LogP contribution in [-0.4, -0.2) is 15.4 Å². The molecule has 1 aromatic rings. The van der Waals surface area contributed by atoms with Gasteiger partial charge in [0.1, 0.15) is 0 Å². The van der Waals surface area contributed by atoms with E-state index in [2.05, 4.69) is 22.3 Å². The lowest BCUT2D eigenvalue weighted by atomic mass is 9.93. The third-order valence-electron chi connectivity index (χ3n) is 3.50. The molecule has 1 N–H and O–H groups in total. The van der Waals surface area contributed by atoms with Gasteiger partial charge in [-0.1, -0.05) is 38.5 Å². The van der Waals surface area contributed by atoms with E-state index in [1.807, 2.05) is 0 Å². The fraction of sp³-hybridized carbons (Fsp3) is 0.833. The van der Waals surface area contributed by atoms with E-state index in [4.69, 9.17) is 0 Å². The normalized spacial score (nSPS) is 20.6. The minimum Gasteiger partial charge on any atom is -0.197 e. The van der Waals surface area contributed by atoms with E-state index >= 15 is 0 Å². The van der Waals surface area contributed by atoms with Crippen molar-refractivity contribution in [3.8, 4) is 0 Å². The van der Waals surface area contributed by atoms with Crippen molar-refractivity contribution >= 4 is 0 Å². The minimum atomic E-state index is 0.654. The van der Waals surface area contributed by atoms with Crippen molar-refractivity contribution in [2.45, 2.75) is 64.2 Å². The van der Waals surface area contributed by atoms with Crippen molar-refractivity contribution in [2.24, 2.45) is 0 Å². The monoisotopic (exact) mass is 207 g/mol. The first kappa shape index (κ1) is 10.7. The highest BCUT2D eigenvalue weighted by Gasteiger charge is 2.17. The van der Waals surface area contributed by atoms with Crippen LogP contribution in [0.15, 0.2) is 0 Å². The molecule has 0 radical (unpaired) electrons. The molecule has 0 amide bonds. The molecule has 0 atom stereocenters. The fourth-order valence-electron chi connectivity index (χ4n) is 2.59. The average molecular weight is 207 g/mol. The molecule has 0 spiro atoms. The summed E-state index contributed by atoms with van der Waals surface area (Å²) in [6.07, 6.45) is 10.9. The number of aryl methyl sites for hydroxylation is 1. The Morgan fingerprint density at radius 1 is 0.933 bits per heavy atom. The summed E-state index contributed by atoms with van der Waals surface area (Å²) in [7, 11) is 0. The van der Waals surface area contributed by atoms with Crippen LogP contribution in [-0.2, 0) is 0 Å². The molecule has 1 aliphatic carbocycles. The molecular weight excluding hydrogens is 186 g/mol. The summed E-state index contributed by atoms with van der Waals surface area (Å²) in [5, 5.41) is 11.2. The third-order valence-corrected chi connectivity index (χ3v) is 3.50. The molecule has 0 aromatic carbocycles. The first-order chi connectivity index (χ1) is 7.38. The third kappa shape index (κ3) is 2.80. The number of hydrogen-bond donors (Lipinski definition) is 1. The van der Waals surface area contributed by atoms with Gasteiger partial charge in [-0.25, -0.2) is 0 Å². The van der Waals surface area contributed by atoms with Crippen molar-refractivity contribution in [1.29, 1.82) is 0 Å². The summed E-state index contributed by atoms with van der Waals surface area (Å²) < 4.78 is 0. The maximum atomic E-state index is 4.31. The Morgan fingerprint density at radius 3 is 2.07 bits per heavy atom. The van der Waals surface area contributed by atoms with Crippen LogP contribution in [0.1, 0.15) is 68.7 Å². The van der Waals surface area contributed by atoms with Gasteiger partial charge in [0.25, 0.3) is 0 Å². The van der Waals surface area contributed by atoms with Crippen LogP contribution in [0, 0.1) is 6.92 Å². The van der Waals surface area contributed by atoms with Crippen LogP contribution in [0.5, 0.6) is 0 Å². The predicted molar refractivity (Wildman–Crippen MR) is 60.8 cm³/mol. The number of aromatic nitrogens is 3. The van der Waals surface area contributed by atoms with E-state index in [1.54, 1.807) is 0 Å². The van der Waals surface area contributed by atoms with E-state index in [0.29, 0.717) is 5.92 Å². The zero-order valence-electron chi connectivity index (χ0n) is 9.63. The SMILES string of the molecule is Cc1n[nH]nc1C1CCCCCCCC1. The van der Waals surface area contributed by atoms with Gasteiger partial charge in [0.15, 0.2) is 0 Å². The highest BCUT2D eigenvalue weighted by atomic mass is 15.3. The van der Waals surface area contributed by atoms with Crippen molar-refractivity contribution in [1.82, 2.24) is 15.4 Å². The first-order valence-corrected chi connectivity index (χ1v) is 6.25. The van der Waals surface area contributed by atoms with E-state index in [0.717, 1.165) is 5.69 Å². The van der Waals surface area contributed by atoms with Crippen LogP contribution >= 0.6 is 0 Å². The standard InChI is InChI=1S/C12H21N3/c1-10-12(14-15-13-10)11-8-6-4-2-3-5-7-9-11/h11H,2-9H2,1H3,(H,13,14,15). The molecule has 1 aliphatic rings. The number of nitrogens with zero attached hydrogens (tertiary/aromatic N) is 2. The topological polar surface area (TPSA) is 41.6 Å². The Hall–Kier alpha value is -0.860. The molecule has 3 heteroatoms. The van der Waals surface area contributed by atoms with Crippen LogP contribution in [0.2, 0.25) is 0 Å². The summed E-state index contributed by atoms with van der Waals surface area (Å²) >= 11 is 0. The summed E-state index contributed by atoms with van der Waals surface area (Å²) in [5.74, 6) is 0.654. The van der Waals surface area contributed by atoms with E-state index in [1.165, 1.54) is 57.1 Å². The summed E-state index contributed by atoms with van der Waals surface area (Å²) in [5.41, 5.74) is 2.32. The summed E-state index contributed by atoms with van der Waals surface area (Å²) in [4.78, 5) is 0. The lowest BCUT2D eigenvalue weighted by Crippen LogP contribution is -2.01. The highest BCUT2D eigenvalue weighted by Crippen LogP contribution is 2.29. The second-order valence-corrected chi connectivity index (χ2v) is 4.69. The zero-order chi connectivity index (χ0) is 10.5. The van der Waals surface area contributed by atoms with Gasteiger partial charge in [0, 0.05) is 5.92 Å². The Balaban J connectivity index is 2.02. The Morgan fingerprint density at radius 2 is 1.53 bits per heavy atom. The minimum absolute atomic E-state index is 0.654. The van der Waals surface area contributed by atoms with E-state index in [9.17, 15) is 0 Å². The molecule has 1 fully saturated rings. The number of nitrogens with one attached hydrogen (secondary N) is 1. The largest absolute Gasteiger partial charge is 0.197 e. The molecule has 0 aliphatic heterocycles. The summed E-state index contributed by atoms with van der Waals surface area (Å²) in [6, 6.07) is 0. The van der Waals surface area contributed by atoms with Crippen molar-refractivity contribution in [3.63, 3.8) is 0 Å². The van der Waals surface area contributed by atoms with Gasteiger partial charge < -0.3 is 0 Å². The van der Waals surface area contributed by atoms with E-state index in [-0.39, 0.29) is 0 Å². The second kappa shape index (κ2) is 5.29. The quantitative estimate of drug-likeness (QED) is 0.767. The molecule has 3 nitrogen and oxygen atoms in total. The number of aromatic amines is 1. The predicted octanol–water partition coefficient (Wildman–Crippen LogP) is 3.33. The van der Waals surface area contributed by atoms with Crippen molar-refractivity contribution < 1.29 is 0 Å². The number of H-pyrrole nitrogens is 1. The number of rotatable bonds is 1. The van der Waals surface area contributed by atoms with Gasteiger partial charge in [-0.3, -0.25) is 0 Å².